The topological polar surface area (TPSA) is 103 Å². The molecule has 0 unspecified atom stereocenters. The van der Waals surface area contributed by atoms with Crippen LogP contribution in [0.5, 0.6) is 0 Å². The van der Waals surface area contributed by atoms with E-state index >= 15 is 0 Å². The van der Waals surface area contributed by atoms with Gasteiger partial charge in [0.05, 0.1) is 5.92 Å². The molecule has 0 aromatic heterocycles. The number of anilines is 3. The minimum Gasteiger partial charge on any atom is -0.352 e. The third-order valence-corrected chi connectivity index (χ3v) is 4.93. The molecule has 1 fully saturated rings. The van der Waals surface area contributed by atoms with Gasteiger partial charge in [0.15, 0.2) is 0 Å². The summed E-state index contributed by atoms with van der Waals surface area (Å²) in [7, 11) is 0. The smallest absolute Gasteiger partial charge is 0.323 e. The highest BCUT2D eigenvalue weighted by Crippen LogP contribution is 2.19. The molecular formula is C23H27N5O3. The molecule has 8 nitrogen and oxygen atoms in total. The van der Waals surface area contributed by atoms with Crippen molar-refractivity contribution < 1.29 is 14.4 Å². The van der Waals surface area contributed by atoms with Gasteiger partial charge in [0, 0.05) is 36.7 Å². The fourth-order valence-electron chi connectivity index (χ4n) is 3.35. The molecule has 162 valence electrons. The Balaban J connectivity index is 1.49. The molecule has 3 rings (SSSR count). The normalized spacial score (nSPS) is 15.5. The molecule has 0 radical (unpaired) electrons. The van der Waals surface area contributed by atoms with Gasteiger partial charge in [-0.1, -0.05) is 24.3 Å². The number of piperidine rings is 1. The molecule has 1 saturated heterocycles. The Morgan fingerprint density at radius 3 is 2.19 bits per heavy atom. The van der Waals surface area contributed by atoms with Gasteiger partial charge in [0.2, 0.25) is 5.91 Å². The number of likely N-dealkylation sites (tertiary alicyclic amines) is 1. The maximum Gasteiger partial charge on any atom is 0.323 e. The molecule has 0 bridgehead atoms. The van der Waals surface area contributed by atoms with Gasteiger partial charge in [0.1, 0.15) is 0 Å². The average Bonchev–Trinajstić information content (AvgIpc) is 2.79. The van der Waals surface area contributed by atoms with E-state index in [2.05, 4.69) is 27.8 Å². The summed E-state index contributed by atoms with van der Waals surface area (Å²) < 4.78 is 0. The summed E-state index contributed by atoms with van der Waals surface area (Å²) >= 11 is 0. The van der Waals surface area contributed by atoms with Crippen LogP contribution >= 0.6 is 0 Å². The maximum atomic E-state index is 12.6. The summed E-state index contributed by atoms with van der Waals surface area (Å²) in [5.74, 6) is -0.268. The zero-order valence-electron chi connectivity index (χ0n) is 17.3. The zero-order chi connectivity index (χ0) is 22.1. The predicted molar refractivity (Wildman–Crippen MR) is 122 cm³/mol. The number of carbonyl (C=O) groups excluding carboxylic acids is 3. The summed E-state index contributed by atoms with van der Waals surface area (Å²) in [6.45, 7) is 5.00. The van der Waals surface area contributed by atoms with Crippen LogP contribution in [0.3, 0.4) is 0 Å². The number of nitrogens with zero attached hydrogens (tertiary/aromatic N) is 1. The van der Waals surface area contributed by atoms with Crippen LogP contribution in [0, 0.1) is 5.92 Å². The molecular weight excluding hydrogens is 394 g/mol. The number of amides is 5. The molecule has 2 aromatic rings. The highest BCUT2D eigenvalue weighted by atomic mass is 16.2. The Morgan fingerprint density at radius 1 is 0.935 bits per heavy atom. The van der Waals surface area contributed by atoms with Crippen LogP contribution in [-0.4, -0.2) is 42.5 Å². The fourth-order valence-corrected chi connectivity index (χ4v) is 3.35. The van der Waals surface area contributed by atoms with Crippen molar-refractivity contribution >= 4 is 35.0 Å². The quantitative estimate of drug-likeness (QED) is 0.532. The van der Waals surface area contributed by atoms with E-state index in [-0.39, 0.29) is 23.9 Å². The first-order valence-corrected chi connectivity index (χ1v) is 10.2. The van der Waals surface area contributed by atoms with Gasteiger partial charge < -0.3 is 26.2 Å². The van der Waals surface area contributed by atoms with Crippen LogP contribution in [0.2, 0.25) is 0 Å². The van der Waals surface area contributed by atoms with E-state index in [0.29, 0.717) is 36.7 Å². The van der Waals surface area contributed by atoms with Crippen molar-refractivity contribution in [2.45, 2.75) is 12.8 Å². The van der Waals surface area contributed by atoms with Gasteiger partial charge in [-0.05, 0) is 49.2 Å². The molecule has 1 heterocycles. The number of rotatable bonds is 6. The Bertz CT molecular complexity index is 915. The van der Waals surface area contributed by atoms with Crippen LogP contribution in [0.1, 0.15) is 12.8 Å². The first-order valence-electron chi connectivity index (χ1n) is 10.2. The molecule has 1 atom stereocenters. The van der Waals surface area contributed by atoms with E-state index in [0.717, 1.165) is 12.8 Å². The van der Waals surface area contributed by atoms with Crippen molar-refractivity contribution in [3.63, 3.8) is 0 Å². The van der Waals surface area contributed by atoms with Gasteiger partial charge in [-0.25, -0.2) is 9.59 Å². The number of hydrogen-bond acceptors (Lipinski definition) is 3. The van der Waals surface area contributed by atoms with Crippen molar-refractivity contribution in [3.05, 3.63) is 67.3 Å². The summed E-state index contributed by atoms with van der Waals surface area (Å²) in [4.78, 5) is 38.5. The largest absolute Gasteiger partial charge is 0.352 e. The van der Waals surface area contributed by atoms with Crippen LogP contribution < -0.4 is 21.3 Å². The molecule has 31 heavy (non-hydrogen) atoms. The second kappa shape index (κ2) is 10.8. The van der Waals surface area contributed by atoms with E-state index in [4.69, 9.17) is 0 Å². The van der Waals surface area contributed by atoms with Crippen LogP contribution in [-0.2, 0) is 4.79 Å². The monoisotopic (exact) mass is 421 g/mol. The van der Waals surface area contributed by atoms with Crippen molar-refractivity contribution in [3.8, 4) is 0 Å². The zero-order valence-corrected chi connectivity index (χ0v) is 17.3. The number of hydrogen-bond donors (Lipinski definition) is 4. The van der Waals surface area contributed by atoms with Gasteiger partial charge in [0.25, 0.3) is 0 Å². The molecule has 1 aliphatic heterocycles. The van der Waals surface area contributed by atoms with Crippen molar-refractivity contribution in [1.82, 2.24) is 10.2 Å². The lowest BCUT2D eigenvalue weighted by Gasteiger charge is -2.32. The summed E-state index contributed by atoms with van der Waals surface area (Å²) in [5, 5.41) is 11.1. The van der Waals surface area contributed by atoms with Crippen molar-refractivity contribution in [2.24, 2.45) is 5.92 Å². The Labute approximate surface area is 181 Å². The Hall–Kier alpha value is -3.81. The minimum absolute atomic E-state index is 0.0541. The Morgan fingerprint density at radius 2 is 1.55 bits per heavy atom. The first-order chi connectivity index (χ1) is 15.0. The van der Waals surface area contributed by atoms with Gasteiger partial charge in [-0.2, -0.15) is 0 Å². The van der Waals surface area contributed by atoms with Crippen LogP contribution in [0.25, 0.3) is 0 Å². The van der Waals surface area contributed by atoms with Crippen LogP contribution in [0.4, 0.5) is 26.7 Å². The summed E-state index contributed by atoms with van der Waals surface area (Å²) in [6.07, 6.45) is 3.17. The third kappa shape index (κ3) is 6.60. The minimum atomic E-state index is -0.350. The Kier molecular flexibility index (Phi) is 7.64. The molecule has 0 saturated carbocycles. The second-order valence-electron chi connectivity index (χ2n) is 7.27. The average molecular weight is 422 g/mol. The van der Waals surface area contributed by atoms with E-state index < -0.39 is 0 Å². The maximum absolute atomic E-state index is 12.6. The molecule has 0 spiro atoms. The van der Waals surface area contributed by atoms with Gasteiger partial charge in [-0.3, -0.25) is 4.79 Å². The second-order valence-corrected chi connectivity index (χ2v) is 7.27. The van der Waals surface area contributed by atoms with E-state index in [9.17, 15) is 14.4 Å². The SMILES string of the molecule is C=CCNC(=O)[C@H]1CCCN(C(=O)Nc2ccc(NC(=O)Nc3ccccc3)cc2)C1. The van der Waals surface area contributed by atoms with E-state index in [1.807, 2.05) is 18.2 Å². The molecule has 4 N–H and O–H groups in total. The molecule has 1 aliphatic rings. The first kappa shape index (κ1) is 21.9. The lowest BCUT2D eigenvalue weighted by molar-refractivity contribution is -0.126. The highest BCUT2D eigenvalue weighted by Gasteiger charge is 2.28. The number of nitrogens with one attached hydrogen (secondary N) is 4. The summed E-state index contributed by atoms with van der Waals surface area (Å²) in [6, 6.07) is 15.4. The number of urea groups is 2. The van der Waals surface area contributed by atoms with Gasteiger partial charge in [-0.15, -0.1) is 6.58 Å². The molecule has 5 amide bonds. The molecule has 8 heteroatoms. The van der Waals surface area contributed by atoms with E-state index in [1.54, 1.807) is 47.4 Å². The predicted octanol–water partition coefficient (Wildman–Crippen LogP) is 3.88. The molecule has 2 aromatic carbocycles. The lowest BCUT2D eigenvalue weighted by atomic mass is 9.97. The standard InChI is InChI=1S/C23H27N5O3/c1-2-14-24-21(29)17-7-6-15-28(16-17)23(31)27-20-12-10-19(11-13-20)26-22(30)25-18-8-4-3-5-9-18/h2-5,8-13,17H,1,6-7,14-16H2,(H,24,29)(H,27,31)(H2,25,26,30)/t17-/m0/s1. The van der Waals surface area contributed by atoms with E-state index in [1.165, 1.54) is 0 Å². The third-order valence-electron chi connectivity index (χ3n) is 4.93. The van der Waals surface area contributed by atoms with Crippen molar-refractivity contribution in [1.29, 1.82) is 0 Å². The summed E-state index contributed by atoms with van der Waals surface area (Å²) in [5.41, 5.74) is 1.91. The fraction of sp³-hybridized carbons (Fsp3) is 0.261. The lowest BCUT2D eigenvalue weighted by Crippen LogP contribution is -2.46. The van der Waals surface area contributed by atoms with Crippen LogP contribution in [0.15, 0.2) is 67.3 Å². The number of para-hydroxylation sites is 1. The molecule has 0 aliphatic carbocycles. The van der Waals surface area contributed by atoms with Gasteiger partial charge >= 0.3 is 12.1 Å². The number of carbonyl (C=O) groups is 3. The number of benzene rings is 2. The highest BCUT2D eigenvalue weighted by molar-refractivity contribution is 6.00. The van der Waals surface area contributed by atoms with Crippen molar-refractivity contribution in [2.75, 3.05) is 35.6 Å².